The van der Waals surface area contributed by atoms with Gasteiger partial charge in [-0.15, -0.1) is 0 Å². The molecule has 0 radical (unpaired) electrons. The second-order valence-electron chi connectivity index (χ2n) is 3.63. The molecule has 0 saturated heterocycles. The highest BCUT2D eigenvalue weighted by molar-refractivity contribution is 5.68. The zero-order valence-corrected chi connectivity index (χ0v) is 9.26. The van der Waals surface area contributed by atoms with Crippen LogP contribution < -0.4 is 0 Å². The molecule has 0 bridgehead atoms. The first-order valence-corrected chi connectivity index (χ1v) is 5.31. The highest BCUT2D eigenvalue weighted by Crippen LogP contribution is 2.23. The number of hydrogen-bond acceptors (Lipinski definition) is 2. The van der Waals surface area contributed by atoms with Crippen molar-refractivity contribution in [3.63, 3.8) is 0 Å². The van der Waals surface area contributed by atoms with E-state index < -0.39 is 5.97 Å². The highest BCUT2D eigenvalue weighted by Gasteiger charge is 2.12. The van der Waals surface area contributed by atoms with Gasteiger partial charge in [0.05, 0.1) is 6.42 Å². The van der Waals surface area contributed by atoms with E-state index in [1.807, 2.05) is 19.1 Å². The fourth-order valence-corrected chi connectivity index (χ4v) is 1.51. The van der Waals surface area contributed by atoms with E-state index in [2.05, 4.69) is 0 Å². The van der Waals surface area contributed by atoms with Gasteiger partial charge in [0.2, 0.25) is 0 Å². The Morgan fingerprint density at radius 1 is 1.38 bits per heavy atom. The Hall–Kier alpha value is -1.77. The summed E-state index contributed by atoms with van der Waals surface area (Å²) in [7, 11) is 0. The number of hydrogen-bond donors (Lipinski definition) is 2. The quantitative estimate of drug-likeness (QED) is 0.750. The molecule has 0 aliphatic heterocycles. The molecule has 16 heavy (non-hydrogen) atoms. The lowest BCUT2D eigenvalue weighted by Crippen LogP contribution is -2.03. The van der Waals surface area contributed by atoms with Crippen molar-refractivity contribution in [1.82, 2.24) is 0 Å². The van der Waals surface area contributed by atoms with Gasteiger partial charge >= 0.3 is 5.97 Å². The van der Waals surface area contributed by atoms with Gasteiger partial charge in [0.25, 0.3) is 0 Å². The number of allylic oxidation sites excluding steroid dienone is 2. The number of aromatic hydroxyl groups is 1. The number of aliphatic carboxylic acids is 1. The lowest BCUT2D eigenvalue weighted by atomic mass is 9.95. The largest absolute Gasteiger partial charge is 0.508 e. The van der Waals surface area contributed by atoms with E-state index in [-0.39, 0.29) is 18.1 Å². The monoisotopic (exact) mass is 220 g/mol. The van der Waals surface area contributed by atoms with E-state index in [1.54, 1.807) is 24.3 Å². The standard InChI is InChI=1S/C13H16O3/c1-2-3-4-11(9-13(15)16)10-5-7-12(14)8-6-10/h3-8,11,14H,2,9H2,1H3,(H,15,16)/b4-3+/t11-/m1/s1. The van der Waals surface area contributed by atoms with Gasteiger partial charge in [-0.05, 0) is 24.1 Å². The summed E-state index contributed by atoms with van der Waals surface area (Å²) in [5.41, 5.74) is 0.907. The maximum absolute atomic E-state index is 10.7. The Kier molecular flexibility index (Phi) is 4.58. The fraction of sp³-hybridized carbons (Fsp3) is 0.308. The molecule has 0 spiro atoms. The molecule has 1 aromatic rings. The van der Waals surface area contributed by atoms with Crippen LogP contribution in [-0.4, -0.2) is 16.2 Å². The van der Waals surface area contributed by atoms with E-state index in [9.17, 15) is 4.79 Å². The Bertz CT molecular complexity index is 365. The zero-order valence-electron chi connectivity index (χ0n) is 9.26. The third-order valence-electron chi connectivity index (χ3n) is 2.32. The maximum Gasteiger partial charge on any atom is 0.304 e. The molecule has 0 aromatic heterocycles. The molecular weight excluding hydrogens is 204 g/mol. The Morgan fingerprint density at radius 2 is 2.00 bits per heavy atom. The predicted octanol–water partition coefficient (Wildman–Crippen LogP) is 2.92. The minimum Gasteiger partial charge on any atom is -0.508 e. The normalized spacial score (nSPS) is 12.8. The van der Waals surface area contributed by atoms with Crippen LogP contribution in [0.5, 0.6) is 5.75 Å². The lowest BCUT2D eigenvalue weighted by Gasteiger charge is -2.10. The summed E-state index contributed by atoms with van der Waals surface area (Å²) in [6.45, 7) is 2.01. The topological polar surface area (TPSA) is 57.5 Å². The van der Waals surface area contributed by atoms with E-state index in [1.165, 1.54) is 0 Å². The van der Waals surface area contributed by atoms with Crippen LogP contribution in [0.15, 0.2) is 36.4 Å². The molecule has 0 aliphatic carbocycles. The Morgan fingerprint density at radius 3 is 2.50 bits per heavy atom. The molecule has 86 valence electrons. The van der Waals surface area contributed by atoms with Gasteiger partial charge in [-0.2, -0.15) is 0 Å². The van der Waals surface area contributed by atoms with E-state index in [4.69, 9.17) is 10.2 Å². The maximum atomic E-state index is 10.7. The van der Waals surface area contributed by atoms with Crippen molar-refractivity contribution >= 4 is 5.97 Å². The predicted molar refractivity (Wildman–Crippen MR) is 62.5 cm³/mol. The van der Waals surface area contributed by atoms with Crippen LogP contribution in [0, 0.1) is 0 Å². The van der Waals surface area contributed by atoms with Crippen molar-refractivity contribution in [3.8, 4) is 5.75 Å². The molecule has 0 aliphatic rings. The molecule has 1 atom stereocenters. The van der Waals surface area contributed by atoms with Crippen molar-refractivity contribution in [3.05, 3.63) is 42.0 Å². The minimum absolute atomic E-state index is 0.0707. The van der Waals surface area contributed by atoms with Crippen LogP contribution in [0.1, 0.15) is 31.2 Å². The van der Waals surface area contributed by atoms with Gasteiger partial charge in [-0.3, -0.25) is 4.79 Å². The summed E-state index contributed by atoms with van der Waals surface area (Å²) in [6, 6.07) is 6.65. The molecule has 2 N–H and O–H groups in total. The van der Waals surface area contributed by atoms with Crippen LogP contribution >= 0.6 is 0 Å². The van der Waals surface area contributed by atoms with E-state index in [0.717, 1.165) is 12.0 Å². The van der Waals surface area contributed by atoms with E-state index in [0.29, 0.717) is 0 Å². The van der Waals surface area contributed by atoms with Crippen LogP contribution in [0.25, 0.3) is 0 Å². The summed E-state index contributed by atoms with van der Waals surface area (Å²) in [5.74, 6) is -0.755. The SMILES string of the molecule is CC/C=C/[C@H](CC(=O)O)c1ccc(O)cc1. The number of carbonyl (C=O) groups is 1. The molecule has 0 fully saturated rings. The summed E-state index contributed by atoms with van der Waals surface area (Å²) in [5, 5.41) is 18.0. The van der Waals surface area contributed by atoms with Crippen LogP contribution in [-0.2, 0) is 4.79 Å². The van der Waals surface area contributed by atoms with Crippen LogP contribution in [0.2, 0.25) is 0 Å². The minimum atomic E-state index is -0.821. The van der Waals surface area contributed by atoms with Crippen molar-refractivity contribution in [2.24, 2.45) is 0 Å². The molecule has 0 heterocycles. The first-order valence-electron chi connectivity index (χ1n) is 5.31. The Labute approximate surface area is 95.0 Å². The third kappa shape index (κ3) is 3.77. The summed E-state index contributed by atoms with van der Waals surface area (Å²) >= 11 is 0. The van der Waals surface area contributed by atoms with Crippen molar-refractivity contribution < 1.29 is 15.0 Å². The van der Waals surface area contributed by atoms with Gasteiger partial charge in [0.15, 0.2) is 0 Å². The Balaban J connectivity index is 2.86. The number of phenolic OH excluding ortho intramolecular Hbond substituents is 1. The molecular formula is C13H16O3. The molecule has 3 heteroatoms. The van der Waals surface area contributed by atoms with Gasteiger partial charge < -0.3 is 10.2 Å². The fourth-order valence-electron chi connectivity index (χ4n) is 1.51. The number of carboxylic acid groups (broad SMARTS) is 1. The summed E-state index contributed by atoms with van der Waals surface area (Å²) in [4.78, 5) is 10.7. The molecule has 0 amide bonds. The average molecular weight is 220 g/mol. The molecule has 0 saturated carbocycles. The van der Waals surface area contributed by atoms with Crippen molar-refractivity contribution in [2.45, 2.75) is 25.7 Å². The van der Waals surface area contributed by atoms with Gasteiger partial charge in [-0.25, -0.2) is 0 Å². The first-order chi connectivity index (χ1) is 7.63. The molecule has 0 unspecified atom stereocenters. The molecule has 1 rings (SSSR count). The highest BCUT2D eigenvalue weighted by atomic mass is 16.4. The summed E-state index contributed by atoms with van der Waals surface area (Å²) in [6.07, 6.45) is 4.82. The number of phenols is 1. The van der Waals surface area contributed by atoms with Gasteiger partial charge in [-0.1, -0.05) is 31.2 Å². The van der Waals surface area contributed by atoms with Crippen LogP contribution in [0.3, 0.4) is 0 Å². The average Bonchev–Trinajstić information content (AvgIpc) is 2.25. The zero-order chi connectivity index (χ0) is 12.0. The summed E-state index contributed by atoms with van der Waals surface area (Å²) < 4.78 is 0. The second kappa shape index (κ2) is 5.95. The number of benzene rings is 1. The first kappa shape index (κ1) is 12.3. The van der Waals surface area contributed by atoms with Crippen molar-refractivity contribution in [2.75, 3.05) is 0 Å². The lowest BCUT2D eigenvalue weighted by molar-refractivity contribution is -0.137. The molecule has 3 nitrogen and oxygen atoms in total. The van der Waals surface area contributed by atoms with Gasteiger partial charge in [0, 0.05) is 5.92 Å². The van der Waals surface area contributed by atoms with Crippen molar-refractivity contribution in [1.29, 1.82) is 0 Å². The number of carboxylic acids is 1. The smallest absolute Gasteiger partial charge is 0.304 e. The number of rotatable bonds is 5. The molecule has 1 aromatic carbocycles. The second-order valence-corrected chi connectivity index (χ2v) is 3.63. The van der Waals surface area contributed by atoms with Crippen LogP contribution in [0.4, 0.5) is 0 Å². The van der Waals surface area contributed by atoms with E-state index >= 15 is 0 Å². The third-order valence-corrected chi connectivity index (χ3v) is 2.32. The van der Waals surface area contributed by atoms with Gasteiger partial charge in [0.1, 0.15) is 5.75 Å².